The monoisotopic (exact) mass is 282 g/mol. The molecule has 114 valence electrons. The van der Waals surface area contributed by atoms with Crippen LogP contribution in [0.5, 0.6) is 0 Å². The lowest BCUT2D eigenvalue weighted by Gasteiger charge is -2.29. The van der Waals surface area contributed by atoms with Crippen molar-refractivity contribution in [2.45, 2.75) is 33.4 Å². The zero-order valence-corrected chi connectivity index (χ0v) is 13.1. The highest BCUT2D eigenvalue weighted by Gasteiger charge is 2.18. The number of likely N-dealkylation sites (N-methyl/N-ethyl adjacent to an activating group) is 2. The van der Waals surface area contributed by atoms with Crippen molar-refractivity contribution in [3.05, 3.63) is 23.2 Å². The van der Waals surface area contributed by atoms with Gasteiger partial charge in [-0.15, -0.1) is 0 Å². The topological polar surface area (TPSA) is 74.7 Å². The van der Waals surface area contributed by atoms with Crippen molar-refractivity contribution in [3.63, 3.8) is 0 Å². The van der Waals surface area contributed by atoms with Gasteiger partial charge in [0.15, 0.2) is 5.76 Å². The van der Waals surface area contributed by atoms with Gasteiger partial charge in [-0.2, -0.15) is 0 Å². The summed E-state index contributed by atoms with van der Waals surface area (Å²) >= 11 is 0. The molecule has 0 fully saturated rings. The van der Waals surface area contributed by atoms with E-state index < -0.39 is 5.91 Å². The van der Waals surface area contributed by atoms with E-state index in [0.29, 0.717) is 18.3 Å². The van der Waals surface area contributed by atoms with Crippen LogP contribution >= 0.6 is 0 Å². The molecule has 1 aromatic rings. The molecule has 0 bridgehead atoms. The van der Waals surface area contributed by atoms with Gasteiger partial charge in [0.05, 0.1) is 6.54 Å². The van der Waals surface area contributed by atoms with E-state index in [1.165, 1.54) is 0 Å². The van der Waals surface area contributed by atoms with Crippen LogP contribution in [0.1, 0.15) is 35.7 Å². The van der Waals surface area contributed by atoms with Crippen LogP contribution in [0, 0.1) is 6.92 Å². The molecular formula is C14H26N4O2. The lowest BCUT2D eigenvalue weighted by Crippen LogP contribution is -2.39. The van der Waals surface area contributed by atoms with Crippen molar-refractivity contribution in [2.24, 2.45) is 5.84 Å². The maximum atomic E-state index is 11.5. The standard InChI is InChI=1S/C14H26N4O2/c1-6-18(11(3)8-17(4)5)9-12-7-10(2)13(20-12)14(19)16-15/h7,11H,6,8-9,15H2,1-5H3,(H,16,19). The first-order valence-electron chi connectivity index (χ1n) is 6.88. The van der Waals surface area contributed by atoms with Crippen molar-refractivity contribution in [1.82, 2.24) is 15.2 Å². The normalized spacial score (nSPS) is 13.0. The number of hydrogen-bond donors (Lipinski definition) is 2. The zero-order valence-electron chi connectivity index (χ0n) is 13.1. The van der Waals surface area contributed by atoms with Crippen molar-refractivity contribution >= 4 is 5.91 Å². The molecule has 20 heavy (non-hydrogen) atoms. The Kier molecular flexibility index (Phi) is 6.19. The summed E-state index contributed by atoms with van der Waals surface area (Å²) < 4.78 is 5.61. The van der Waals surface area contributed by atoms with Crippen molar-refractivity contribution in [2.75, 3.05) is 27.2 Å². The molecule has 0 saturated carbocycles. The van der Waals surface area contributed by atoms with E-state index in [4.69, 9.17) is 10.3 Å². The number of rotatable bonds is 7. The van der Waals surface area contributed by atoms with Gasteiger partial charge in [-0.25, -0.2) is 5.84 Å². The van der Waals surface area contributed by atoms with Gasteiger partial charge in [-0.3, -0.25) is 15.1 Å². The molecule has 1 aromatic heterocycles. The molecule has 1 heterocycles. The minimum absolute atomic E-state index is 0.291. The third-order valence-corrected chi connectivity index (χ3v) is 3.32. The van der Waals surface area contributed by atoms with E-state index in [0.717, 1.165) is 24.4 Å². The predicted molar refractivity (Wildman–Crippen MR) is 79.2 cm³/mol. The molecule has 1 unspecified atom stereocenters. The third kappa shape index (κ3) is 4.33. The predicted octanol–water partition coefficient (Wildman–Crippen LogP) is 0.964. The minimum Gasteiger partial charge on any atom is -0.454 e. The largest absolute Gasteiger partial charge is 0.454 e. The Morgan fingerprint density at radius 1 is 1.50 bits per heavy atom. The summed E-state index contributed by atoms with van der Waals surface area (Å²) in [6.45, 7) is 8.74. The fourth-order valence-electron chi connectivity index (χ4n) is 2.34. The van der Waals surface area contributed by atoms with Crippen molar-refractivity contribution in [3.8, 4) is 0 Å². The molecule has 0 aromatic carbocycles. The maximum Gasteiger partial charge on any atom is 0.301 e. The van der Waals surface area contributed by atoms with Crippen LogP contribution in [-0.2, 0) is 6.54 Å². The third-order valence-electron chi connectivity index (χ3n) is 3.32. The summed E-state index contributed by atoms with van der Waals surface area (Å²) in [5.41, 5.74) is 2.90. The Hall–Kier alpha value is -1.37. The van der Waals surface area contributed by atoms with Gasteiger partial charge in [0.25, 0.3) is 0 Å². The van der Waals surface area contributed by atoms with Crippen LogP contribution in [-0.4, -0.2) is 48.9 Å². The Morgan fingerprint density at radius 2 is 2.15 bits per heavy atom. The van der Waals surface area contributed by atoms with E-state index in [9.17, 15) is 4.79 Å². The highest BCUT2D eigenvalue weighted by molar-refractivity contribution is 5.92. The molecule has 0 saturated heterocycles. The summed E-state index contributed by atoms with van der Waals surface area (Å²) in [7, 11) is 4.12. The number of carbonyl (C=O) groups is 1. The fourth-order valence-corrected chi connectivity index (χ4v) is 2.34. The Labute approximate surface area is 120 Å². The molecule has 0 radical (unpaired) electrons. The fraction of sp³-hybridized carbons (Fsp3) is 0.643. The smallest absolute Gasteiger partial charge is 0.301 e. The number of furan rings is 1. The number of nitrogens with two attached hydrogens (primary N) is 1. The Morgan fingerprint density at radius 3 is 2.65 bits per heavy atom. The summed E-state index contributed by atoms with van der Waals surface area (Å²) in [6.07, 6.45) is 0. The van der Waals surface area contributed by atoms with Gasteiger partial charge < -0.3 is 9.32 Å². The van der Waals surface area contributed by atoms with Crippen LogP contribution in [0.15, 0.2) is 10.5 Å². The van der Waals surface area contributed by atoms with Gasteiger partial charge in [-0.1, -0.05) is 6.92 Å². The summed E-state index contributed by atoms with van der Waals surface area (Å²) in [5, 5.41) is 0. The molecular weight excluding hydrogens is 256 g/mol. The quantitative estimate of drug-likeness (QED) is 0.443. The van der Waals surface area contributed by atoms with Crippen molar-refractivity contribution in [1.29, 1.82) is 0 Å². The molecule has 3 N–H and O–H groups in total. The number of amides is 1. The summed E-state index contributed by atoms with van der Waals surface area (Å²) in [5.74, 6) is 5.82. The van der Waals surface area contributed by atoms with Crippen LogP contribution < -0.4 is 11.3 Å². The van der Waals surface area contributed by atoms with Crippen LogP contribution in [0.4, 0.5) is 0 Å². The Bertz CT molecular complexity index is 442. The first kappa shape index (κ1) is 16.7. The average Bonchev–Trinajstić information content (AvgIpc) is 2.75. The lowest BCUT2D eigenvalue weighted by molar-refractivity contribution is 0.0919. The number of nitrogen functional groups attached to an aromatic ring is 1. The summed E-state index contributed by atoms with van der Waals surface area (Å²) in [4.78, 5) is 16.0. The second-order valence-corrected chi connectivity index (χ2v) is 5.37. The number of nitrogens with one attached hydrogen (secondary N) is 1. The number of nitrogens with zero attached hydrogens (tertiary/aromatic N) is 2. The van der Waals surface area contributed by atoms with Gasteiger partial charge in [0.1, 0.15) is 5.76 Å². The average molecular weight is 282 g/mol. The molecule has 1 atom stereocenters. The number of hydrogen-bond acceptors (Lipinski definition) is 5. The van der Waals surface area contributed by atoms with E-state index >= 15 is 0 Å². The van der Waals surface area contributed by atoms with E-state index in [2.05, 4.69) is 43.2 Å². The van der Waals surface area contributed by atoms with Gasteiger partial charge in [0.2, 0.25) is 0 Å². The van der Waals surface area contributed by atoms with Gasteiger partial charge in [0, 0.05) is 18.2 Å². The molecule has 0 spiro atoms. The van der Waals surface area contributed by atoms with Crippen LogP contribution in [0.3, 0.4) is 0 Å². The highest BCUT2D eigenvalue weighted by atomic mass is 16.4. The molecule has 6 nitrogen and oxygen atoms in total. The number of carbonyl (C=O) groups excluding carboxylic acids is 1. The molecule has 0 aliphatic heterocycles. The number of aryl methyl sites for hydroxylation is 1. The first-order chi connectivity index (χ1) is 9.38. The first-order valence-corrected chi connectivity index (χ1v) is 6.88. The summed E-state index contributed by atoms with van der Waals surface area (Å²) in [6, 6.07) is 2.31. The van der Waals surface area contributed by atoms with Gasteiger partial charge in [-0.05, 0) is 40.6 Å². The van der Waals surface area contributed by atoms with Crippen molar-refractivity contribution < 1.29 is 9.21 Å². The Balaban J connectivity index is 2.78. The lowest BCUT2D eigenvalue weighted by atomic mass is 10.2. The second kappa shape index (κ2) is 7.42. The maximum absolute atomic E-state index is 11.5. The second-order valence-electron chi connectivity index (χ2n) is 5.37. The molecule has 1 amide bonds. The van der Waals surface area contributed by atoms with E-state index in [1.54, 1.807) is 0 Å². The van der Waals surface area contributed by atoms with Crippen LogP contribution in [0.2, 0.25) is 0 Å². The molecule has 0 aliphatic carbocycles. The van der Waals surface area contributed by atoms with E-state index in [-0.39, 0.29) is 0 Å². The highest BCUT2D eigenvalue weighted by Crippen LogP contribution is 2.17. The zero-order chi connectivity index (χ0) is 15.3. The minimum atomic E-state index is -0.391. The van der Waals surface area contributed by atoms with Crippen LogP contribution in [0.25, 0.3) is 0 Å². The SMILES string of the molecule is CCN(Cc1cc(C)c(C(=O)NN)o1)C(C)CN(C)C. The molecule has 6 heteroatoms. The molecule has 0 aliphatic rings. The number of hydrazine groups is 1. The van der Waals surface area contributed by atoms with E-state index in [1.807, 2.05) is 13.0 Å². The molecule has 1 rings (SSSR count). The van der Waals surface area contributed by atoms with Gasteiger partial charge >= 0.3 is 5.91 Å².